The van der Waals surface area contributed by atoms with Crippen molar-refractivity contribution in [1.82, 2.24) is 10.3 Å². The van der Waals surface area contributed by atoms with Crippen LogP contribution in [0.2, 0.25) is 0 Å². The van der Waals surface area contributed by atoms with Crippen LogP contribution in [0.25, 0.3) is 0 Å². The number of nitrogens with one attached hydrogen (secondary N) is 1. The first-order valence-electron chi connectivity index (χ1n) is 6.65. The van der Waals surface area contributed by atoms with Gasteiger partial charge in [-0.25, -0.2) is 4.98 Å². The summed E-state index contributed by atoms with van der Waals surface area (Å²) >= 11 is 3.53. The van der Waals surface area contributed by atoms with E-state index in [1.807, 2.05) is 18.7 Å². The molecule has 1 aromatic heterocycles. The Hall–Kier alpha value is -0.590. The highest BCUT2D eigenvalue weighted by Gasteiger charge is 2.38. The average molecular weight is 297 g/mol. The molecule has 0 aromatic carbocycles. The molecule has 0 bridgehead atoms. The Bertz CT molecular complexity index is 480. The number of amidine groups is 1. The molecule has 1 spiro atoms. The van der Waals surface area contributed by atoms with E-state index in [0.29, 0.717) is 0 Å². The minimum Gasteiger partial charge on any atom is -0.381 e. The summed E-state index contributed by atoms with van der Waals surface area (Å²) < 4.78 is 5.45. The minimum atomic E-state index is 0.142. The van der Waals surface area contributed by atoms with Gasteiger partial charge in [-0.3, -0.25) is 4.99 Å². The Morgan fingerprint density at radius 1 is 1.47 bits per heavy atom. The van der Waals surface area contributed by atoms with Crippen LogP contribution in [-0.2, 0) is 4.74 Å². The second kappa shape index (κ2) is 5.42. The fourth-order valence-electron chi connectivity index (χ4n) is 2.40. The Balaban J connectivity index is 1.68. The van der Waals surface area contributed by atoms with Gasteiger partial charge in [0.25, 0.3) is 0 Å². The van der Waals surface area contributed by atoms with E-state index in [-0.39, 0.29) is 11.6 Å². The smallest absolute Gasteiger partial charge is 0.157 e. The van der Waals surface area contributed by atoms with Crippen LogP contribution in [0.4, 0.5) is 0 Å². The summed E-state index contributed by atoms with van der Waals surface area (Å²) in [7, 11) is 0. The van der Waals surface area contributed by atoms with Gasteiger partial charge in [0.05, 0.1) is 5.54 Å². The predicted octanol–water partition coefficient (Wildman–Crippen LogP) is 2.75. The van der Waals surface area contributed by atoms with Crippen molar-refractivity contribution in [3.63, 3.8) is 0 Å². The second-order valence-corrected chi connectivity index (χ2v) is 7.10. The van der Waals surface area contributed by atoms with Crippen LogP contribution in [0, 0.1) is 6.92 Å². The number of aromatic nitrogens is 1. The lowest BCUT2D eigenvalue weighted by molar-refractivity contribution is 0.0555. The minimum absolute atomic E-state index is 0.142. The lowest BCUT2D eigenvalue weighted by Crippen LogP contribution is -2.48. The van der Waals surface area contributed by atoms with Crippen LogP contribution in [0.15, 0.2) is 10.4 Å². The molecule has 2 aliphatic rings. The molecule has 1 N–H and O–H groups in total. The molecular formula is C13H19N3OS2. The molecule has 2 fully saturated rings. The monoisotopic (exact) mass is 297 g/mol. The Morgan fingerprint density at radius 2 is 2.26 bits per heavy atom. The Kier molecular flexibility index (Phi) is 3.82. The summed E-state index contributed by atoms with van der Waals surface area (Å²) in [5.41, 5.74) is 1.31. The van der Waals surface area contributed by atoms with E-state index in [0.717, 1.165) is 47.7 Å². The first-order valence-corrected chi connectivity index (χ1v) is 8.52. The van der Waals surface area contributed by atoms with E-state index in [1.165, 1.54) is 0 Å². The average Bonchev–Trinajstić information content (AvgIpc) is 2.98. The molecule has 0 aliphatic carbocycles. The van der Waals surface area contributed by atoms with Crippen LogP contribution < -0.4 is 5.32 Å². The summed E-state index contributed by atoms with van der Waals surface area (Å²) in [5.74, 6) is 1.11. The molecule has 3 rings (SSSR count). The van der Waals surface area contributed by atoms with Gasteiger partial charge in [0.2, 0.25) is 0 Å². The predicted molar refractivity (Wildman–Crippen MR) is 81.1 cm³/mol. The number of thiazole rings is 1. The molecule has 1 unspecified atom stereocenters. The van der Waals surface area contributed by atoms with Crippen LogP contribution in [0.3, 0.4) is 0 Å². The van der Waals surface area contributed by atoms with Crippen LogP contribution in [0.1, 0.15) is 36.5 Å². The maximum absolute atomic E-state index is 5.45. The van der Waals surface area contributed by atoms with Gasteiger partial charge in [0, 0.05) is 30.0 Å². The van der Waals surface area contributed by atoms with E-state index >= 15 is 0 Å². The summed E-state index contributed by atoms with van der Waals surface area (Å²) in [6.45, 7) is 5.87. The number of nitrogens with zero attached hydrogens (tertiary/aromatic N) is 2. The van der Waals surface area contributed by atoms with Crippen molar-refractivity contribution < 1.29 is 4.74 Å². The molecule has 4 nitrogen and oxygen atoms in total. The van der Waals surface area contributed by atoms with Crippen molar-refractivity contribution >= 4 is 28.3 Å². The highest BCUT2D eigenvalue weighted by atomic mass is 32.2. The molecular weight excluding hydrogens is 278 g/mol. The van der Waals surface area contributed by atoms with Gasteiger partial charge >= 0.3 is 0 Å². The van der Waals surface area contributed by atoms with Crippen molar-refractivity contribution in [1.29, 1.82) is 0 Å². The van der Waals surface area contributed by atoms with E-state index < -0.39 is 0 Å². The van der Waals surface area contributed by atoms with Gasteiger partial charge in [-0.15, -0.1) is 11.3 Å². The summed E-state index contributed by atoms with van der Waals surface area (Å²) in [5, 5.41) is 7.88. The second-order valence-electron chi connectivity index (χ2n) is 5.24. The summed E-state index contributed by atoms with van der Waals surface area (Å²) in [6, 6.07) is 0.142. The maximum Gasteiger partial charge on any atom is 0.157 e. The zero-order chi connectivity index (χ0) is 13.3. The van der Waals surface area contributed by atoms with Crippen molar-refractivity contribution in [2.45, 2.75) is 38.3 Å². The van der Waals surface area contributed by atoms with Gasteiger partial charge in [-0.05, 0) is 26.7 Å². The SMILES string of the molecule is Cc1csc(C(C)N=C2NC3(CCOCC3)CS2)n1. The fraction of sp³-hybridized carbons (Fsp3) is 0.692. The number of hydrogen-bond acceptors (Lipinski definition) is 5. The first kappa shape index (κ1) is 13.4. The number of thioether (sulfide) groups is 1. The van der Waals surface area contributed by atoms with Crippen LogP contribution in [-0.4, -0.2) is 34.7 Å². The molecule has 1 atom stereocenters. The zero-order valence-corrected chi connectivity index (χ0v) is 12.9. The van der Waals surface area contributed by atoms with Crippen molar-refractivity contribution in [2.24, 2.45) is 4.99 Å². The zero-order valence-electron chi connectivity index (χ0n) is 11.3. The third kappa shape index (κ3) is 2.95. The normalized spacial score (nSPS) is 25.7. The summed E-state index contributed by atoms with van der Waals surface area (Å²) in [6.07, 6.45) is 2.17. The Labute approximate surface area is 122 Å². The largest absolute Gasteiger partial charge is 0.381 e. The Morgan fingerprint density at radius 3 is 2.95 bits per heavy atom. The lowest BCUT2D eigenvalue weighted by Gasteiger charge is -2.32. The lowest BCUT2D eigenvalue weighted by atomic mass is 9.93. The quantitative estimate of drug-likeness (QED) is 0.912. The number of ether oxygens (including phenoxy) is 1. The summed E-state index contributed by atoms with van der Waals surface area (Å²) in [4.78, 5) is 9.30. The fourth-order valence-corrected chi connectivity index (χ4v) is 4.49. The number of hydrogen-bond donors (Lipinski definition) is 1. The molecule has 0 saturated carbocycles. The molecule has 0 amide bonds. The third-order valence-corrected chi connectivity index (χ3v) is 5.92. The highest BCUT2D eigenvalue weighted by molar-refractivity contribution is 8.14. The van der Waals surface area contributed by atoms with Gasteiger partial charge in [0.15, 0.2) is 5.17 Å². The van der Waals surface area contributed by atoms with E-state index in [4.69, 9.17) is 9.73 Å². The highest BCUT2D eigenvalue weighted by Crippen LogP contribution is 2.33. The van der Waals surface area contributed by atoms with E-state index in [2.05, 4.69) is 22.6 Å². The molecule has 104 valence electrons. The molecule has 6 heteroatoms. The van der Waals surface area contributed by atoms with E-state index in [1.54, 1.807) is 11.3 Å². The number of rotatable bonds is 2. The molecule has 0 radical (unpaired) electrons. The standard InChI is InChI=1S/C13H19N3OS2/c1-9-7-18-11(14-9)10(2)15-12-16-13(8-19-12)3-5-17-6-4-13/h7,10H,3-6,8H2,1-2H3,(H,15,16). The molecule has 2 saturated heterocycles. The molecule has 1 aromatic rings. The maximum atomic E-state index is 5.45. The van der Waals surface area contributed by atoms with Gasteiger partial charge in [-0.2, -0.15) is 0 Å². The van der Waals surface area contributed by atoms with Gasteiger partial charge in [-0.1, -0.05) is 11.8 Å². The number of aryl methyl sites for hydroxylation is 1. The van der Waals surface area contributed by atoms with Crippen molar-refractivity contribution in [3.05, 3.63) is 16.1 Å². The first-order chi connectivity index (χ1) is 9.17. The molecule has 19 heavy (non-hydrogen) atoms. The van der Waals surface area contributed by atoms with Gasteiger partial charge in [0.1, 0.15) is 11.0 Å². The topological polar surface area (TPSA) is 46.5 Å². The van der Waals surface area contributed by atoms with E-state index in [9.17, 15) is 0 Å². The van der Waals surface area contributed by atoms with Crippen molar-refractivity contribution in [2.75, 3.05) is 19.0 Å². The van der Waals surface area contributed by atoms with Crippen molar-refractivity contribution in [3.8, 4) is 0 Å². The van der Waals surface area contributed by atoms with Gasteiger partial charge < -0.3 is 10.1 Å². The van der Waals surface area contributed by atoms with Crippen LogP contribution >= 0.6 is 23.1 Å². The van der Waals surface area contributed by atoms with Crippen LogP contribution in [0.5, 0.6) is 0 Å². The molecule has 3 heterocycles. The molecule has 2 aliphatic heterocycles. The number of aliphatic imine (C=N–C) groups is 1. The third-order valence-electron chi connectivity index (χ3n) is 3.61.